The SMILES string of the molecule is Fc1c(Cl)cccc1COCCC1CCCCN1. The molecule has 1 atom stereocenters. The zero-order chi connectivity index (χ0) is 12.8. The second-order valence-corrected chi connectivity index (χ2v) is 5.11. The van der Waals surface area contributed by atoms with Gasteiger partial charge >= 0.3 is 0 Å². The molecule has 1 N–H and O–H groups in total. The monoisotopic (exact) mass is 271 g/mol. The van der Waals surface area contributed by atoms with Gasteiger partial charge in [-0.3, -0.25) is 0 Å². The van der Waals surface area contributed by atoms with E-state index in [0.717, 1.165) is 13.0 Å². The molecule has 0 aliphatic carbocycles. The fourth-order valence-corrected chi connectivity index (χ4v) is 2.43. The summed E-state index contributed by atoms with van der Waals surface area (Å²) in [5.74, 6) is -0.366. The van der Waals surface area contributed by atoms with Gasteiger partial charge in [-0.15, -0.1) is 0 Å². The summed E-state index contributed by atoms with van der Waals surface area (Å²) in [5.41, 5.74) is 0.527. The summed E-state index contributed by atoms with van der Waals surface area (Å²) in [7, 11) is 0. The third-order valence-electron chi connectivity index (χ3n) is 3.31. The zero-order valence-electron chi connectivity index (χ0n) is 10.4. The Labute approximate surface area is 112 Å². The molecule has 0 amide bonds. The van der Waals surface area contributed by atoms with Crippen LogP contribution in [-0.4, -0.2) is 19.2 Å². The van der Waals surface area contributed by atoms with E-state index < -0.39 is 0 Å². The van der Waals surface area contributed by atoms with Crippen LogP contribution >= 0.6 is 11.6 Å². The molecule has 0 saturated carbocycles. The highest BCUT2D eigenvalue weighted by atomic mass is 35.5. The van der Waals surface area contributed by atoms with Crippen molar-refractivity contribution >= 4 is 11.6 Å². The van der Waals surface area contributed by atoms with Crippen molar-refractivity contribution in [1.82, 2.24) is 5.32 Å². The van der Waals surface area contributed by atoms with E-state index in [0.29, 0.717) is 24.8 Å². The van der Waals surface area contributed by atoms with E-state index in [1.165, 1.54) is 19.3 Å². The quantitative estimate of drug-likeness (QED) is 0.828. The van der Waals surface area contributed by atoms with Crippen molar-refractivity contribution in [2.45, 2.75) is 38.3 Å². The predicted octanol–water partition coefficient (Wildman–Crippen LogP) is 3.53. The average molecular weight is 272 g/mol. The highest BCUT2D eigenvalue weighted by Crippen LogP contribution is 2.18. The molecule has 1 aliphatic heterocycles. The summed E-state index contributed by atoms with van der Waals surface area (Å²) in [4.78, 5) is 0. The van der Waals surface area contributed by atoms with Crippen molar-refractivity contribution in [3.05, 3.63) is 34.6 Å². The second-order valence-electron chi connectivity index (χ2n) is 4.70. The Morgan fingerprint density at radius 1 is 1.39 bits per heavy atom. The maximum absolute atomic E-state index is 13.6. The Kier molecular flexibility index (Phi) is 5.42. The Morgan fingerprint density at radius 2 is 2.28 bits per heavy atom. The zero-order valence-corrected chi connectivity index (χ0v) is 11.2. The Bertz CT molecular complexity index is 380. The lowest BCUT2D eigenvalue weighted by molar-refractivity contribution is 0.106. The number of ether oxygens (including phenoxy) is 1. The van der Waals surface area contributed by atoms with Crippen LogP contribution in [0.2, 0.25) is 5.02 Å². The van der Waals surface area contributed by atoms with Gasteiger partial charge in [0.05, 0.1) is 11.6 Å². The summed E-state index contributed by atoms with van der Waals surface area (Å²) in [6.07, 6.45) is 4.77. The standard InChI is InChI=1S/C14H19ClFNO/c15-13-6-3-4-11(14(13)16)10-18-9-7-12-5-1-2-8-17-12/h3-4,6,12,17H,1-2,5,7-10H2. The third kappa shape index (κ3) is 3.94. The van der Waals surface area contributed by atoms with E-state index >= 15 is 0 Å². The highest BCUT2D eigenvalue weighted by Gasteiger charge is 2.12. The molecule has 1 aliphatic rings. The molecule has 1 fully saturated rings. The smallest absolute Gasteiger partial charge is 0.147 e. The molecule has 1 saturated heterocycles. The van der Waals surface area contributed by atoms with E-state index in [1.54, 1.807) is 18.2 Å². The molecular weight excluding hydrogens is 253 g/mol. The predicted molar refractivity (Wildman–Crippen MR) is 71.3 cm³/mol. The lowest BCUT2D eigenvalue weighted by Gasteiger charge is -2.23. The Balaban J connectivity index is 1.70. The minimum Gasteiger partial charge on any atom is -0.377 e. The van der Waals surface area contributed by atoms with Crippen LogP contribution in [0.1, 0.15) is 31.2 Å². The number of halogens is 2. The molecule has 0 spiro atoms. The molecule has 1 aromatic rings. The summed E-state index contributed by atoms with van der Waals surface area (Å²) in [6.45, 7) is 2.05. The first kappa shape index (κ1) is 13.8. The van der Waals surface area contributed by atoms with Crippen molar-refractivity contribution < 1.29 is 9.13 Å². The van der Waals surface area contributed by atoms with E-state index in [4.69, 9.17) is 16.3 Å². The van der Waals surface area contributed by atoms with Gasteiger partial charge in [0.2, 0.25) is 0 Å². The molecule has 2 nitrogen and oxygen atoms in total. The minimum absolute atomic E-state index is 0.157. The van der Waals surface area contributed by atoms with Gasteiger partial charge in [-0.2, -0.15) is 0 Å². The average Bonchev–Trinajstić information content (AvgIpc) is 2.40. The van der Waals surface area contributed by atoms with E-state index in [-0.39, 0.29) is 10.8 Å². The minimum atomic E-state index is -0.366. The van der Waals surface area contributed by atoms with Crippen molar-refractivity contribution in [3.8, 4) is 0 Å². The number of hydrogen-bond acceptors (Lipinski definition) is 2. The molecule has 18 heavy (non-hydrogen) atoms. The van der Waals surface area contributed by atoms with Crippen LogP contribution in [0.15, 0.2) is 18.2 Å². The third-order valence-corrected chi connectivity index (χ3v) is 3.60. The van der Waals surface area contributed by atoms with Crippen LogP contribution in [0.25, 0.3) is 0 Å². The number of rotatable bonds is 5. The van der Waals surface area contributed by atoms with Crippen LogP contribution in [0.5, 0.6) is 0 Å². The van der Waals surface area contributed by atoms with Crippen molar-refractivity contribution in [3.63, 3.8) is 0 Å². The van der Waals surface area contributed by atoms with Crippen LogP contribution in [0, 0.1) is 5.82 Å². The molecule has 1 unspecified atom stereocenters. The molecule has 4 heteroatoms. The van der Waals surface area contributed by atoms with Gasteiger partial charge in [0, 0.05) is 18.2 Å². The molecular formula is C14H19ClFNO. The van der Waals surface area contributed by atoms with Crippen molar-refractivity contribution in [2.75, 3.05) is 13.2 Å². The number of hydrogen-bond donors (Lipinski definition) is 1. The normalized spacial score (nSPS) is 20.0. The lowest BCUT2D eigenvalue weighted by Crippen LogP contribution is -2.34. The second kappa shape index (κ2) is 7.07. The first-order valence-corrected chi connectivity index (χ1v) is 6.89. The Hall–Kier alpha value is -0.640. The fourth-order valence-electron chi connectivity index (χ4n) is 2.24. The summed E-state index contributed by atoms with van der Waals surface area (Å²) < 4.78 is 19.1. The van der Waals surface area contributed by atoms with Gasteiger partial charge in [-0.05, 0) is 31.9 Å². The molecule has 1 heterocycles. The molecule has 1 aromatic carbocycles. The maximum atomic E-state index is 13.6. The van der Waals surface area contributed by atoms with Gasteiger partial charge in [-0.25, -0.2) is 4.39 Å². The van der Waals surface area contributed by atoms with Crippen LogP contribution in [0.4, 0.5) is 4.39 Å². The molecule has 100 valence electrons. The highest BCUT2D eigenvalue weighted by molar-refractivity contribution is 6.30. The first-order chi connectivity index (χ1) is 8.77. The first-order valence-electron chi connectivity index (χ1n) is 6.51. The summed E-state index contributed by atoms with van der Waals surface area (Å²) in [5, 5.41) is 3.62. The van der Waals surface area contributed by atoms with Gasteiger partial charge in [-0.1, -0.05) is 30.2 Å². The fraction of sp³-hybridized carbons (Fsp3) is 0.571. The van der Waals surface area contributed by atoms with Crippen LogP contribution < -0.4 is 5.32 Å². The largest absolute Gasteiger partial charge is 0.377 e. The summed E-state index contributed by atoms with van der Waals surface area (Å²) >= 11 is 5.71. The maximum Gasteiger partial charge on any atom is 0.147 e. The number of nitrogens with one attached hydrogen (secondary N) is 1. The Morgan fingerprint density at radius 3 is 3.06 bits per heavy atom. The van der Waals surface area contributed by atoms with Crippen molar-refractivity contribution in [1.29, 1.82) is 0 Å². The van der Waals surface area contributed by atoms with Gasteiger partial charge in [0.15, 0.2) is 0 Å². The van der Waals surface area contributed by atoms with Gasteiger partial charge in [0.1, 0.15) is 5.82 Å². The van der Waals surface area contributed by atoms with E-state index in [9.17, 15) is 4.39 Å². The van der Waals surface area contributed by atoms with Gasteiger partial charge in [0.25, 0.3) is 0 Å². The van der Waals surface area contributed by atoms with Crippen LogP contribution in [-0.2, 0) is 11.3 Å². The van der Waals surface area contributed by atoms with Crippen LogP contribution in [0.3, 0.4) is 0 Å². The molecule has 0 bridgehead atoms. The topological polar surface area (TPSA) is 21.3 Å². The number of benzene rings is 1. The van der Waals surface area contributed by atoms with E-state index in [2.05, 4.69) is 5.32 Å². The lowest BCUT2D eigenvalue weighted by atomic mass is 10.0. The number of piperidine rings is 1. The van der Waals surface area contributed by atoms with Crippen molar-refractivity contribution in [2.24, 2.45) is 0 Å². The van der Waals surface area contributed by atoms with Gasteiger partial charge < -0.3 is 10.1 Å². The van der Waals surface area contributed by atoms with E-state index in [1.807, 2.05) is 0 Å². The summed E-state index contributed by atoms with van der Waals surface area (Å²) in [6, 6.07) is 5.56. The molecule has 0 radical (unpaired) electrons. The molecule has 0 aromatic heterocycles. The molecule has 2 rings (SSSR count).